The van der Waals surface area contributed by atoms with Gasteiger partial charge >= 0.3 is 0 Å². The first-order valence-electron chi connectivity index (χ1n) is 11.9. The topological polar surface area (TPSA) is 52.5 Å². The Bertz CT molecular complexity index is 446. The standard InChI is InChI=1S/C25H45NO2/c1-2-3-4-5-6-7-8-9-10-11-12-13-14-15-20-26-24(22-27)21-23-16-18-25(28)19-17-23/h16-19,24,26-28H,2-15,20-22H2,1H3/t24-/m0/s1. The Balaban J connectivity index is 1.87. The van der Waals surface area contributed by atoms with Crippen molar-refractivity contribution in [2.24, 2.45) is 0 Å². The maximum atomic E-state index is 9.55. The van der Waals surface area contributed by atoms with Crippen LogP contribution in [0.2, 0.25) is 0 Å². The largest absolute Gasteiger partial charge is 0.508 e. The maximum absolute atomic E-state index is 9.55. The molecule has 1 aromatic rings. The molecule has 1 aromatic carbocycles. The molecule has 0 aliphatic rings. The summed E-state index contributed by atoms with van der Waals surface area (Å²) in [4.78, 5) is 0. The van der Waals surface area contributed by atoms with Crippen molar-refractivity contribution in [1.29, 1.82) is 0 Å². The van der Waals surface area contributed by atoms with Crippen LogP contribution >= 0.6 is 0 Å². The van der Waals surface area contributed by atoms with Crippen molar-refractivity contribution >= 4 is 0 Å². The van der Waals surface area contributed by atoms with Crippen molar-refractivity contribution in [3.63, 3.8) is 0 Å². The third-order valence-electron chi connectivity index (χ3n) is 5.60. The molecule has 0 aliphatic heterocycles. The number of aliphatic hydroxyl groups excluding tert-OH is 1. The molecule has 0 amide bonds. The molecule has 0 heterocycles. The summed E-state index contributed by atoms with van der Waals surface area (Å²) < 4.78 is 0. The molecule has 0 aliphatic carbocycles. The van der Waals surface area contributed by atoms with Crippen LogP contribution in [0.25, 0.3) is 0 Å². The Morgan fingerprint density at radius 2 is 1.18 bits per heavy atom. The van der Waals surface area contributed by atoms with Gasteiger partial charge in [-0.25, -0.2) is 0 Å². The van der Waals surface area contributed by atoms with Crippen molar-refractivity contribution in [1.82, 2.24) is 5.32 Å². The van der Waals surface area contributed by atoms with Gasteiger partial charge in [0.05, 0.1) is 6.61 Å². The number of rotatable bonds is 19. The highest BCUT2D eigenvalue weighted by Gasteiger charge is 2.07. The summed E-state index contributed by atoms with van der Waals surface area (Å²) >= 11 is 0. The first-order valence-corrected chi connectivity index (χ1v) is 11.9. The van der Waals surface area contributed by atoms with E-state index in [4.69, 9.17) is 0 Å². The minimum Gasteiger partial charge on any atom is -0.508 e. The molecule has 0 fully saturated rings. The minimum atomic E-state index is 0.103. The van der Waals surface area contributed by atoms with E-state index in [1.165, 1.54) is 89.9 Å². The van der Waals surface area contributed by atoms with Crippen LogP contribution in [0.1, 0.15) is 102 Å². The predicted octanol–water partition coefficient (Wildman–Crippen LogP) is 6.37. The lowest BCUT2D eigenvalue weighted by Crippen LogP contribution is -2.35. The second-order valence-corrected chi connectivity index (χ2v) is 8.30. The van der Waals surface area contributed by atoms with Crippen LogP contribution in [-0.2, 0) is 6.42 Å². The summed E-state index contributed by atoms with van der Waals surface area (Å²) in [5.74, 6) is 0.291. The lowest BCUT2D eigenvalue weighted by molar-refractivity contribution is 0.241. The normalized spacial score (nSPS) is 12.4. The summed E-state index contributed by atoms with van der Waals surface area (Å²) in [6, 6.07) is 7.36. The first kappa shape index (κ1) is 25.0. The summed E-state index contributed by atoms with van der Waals surface area (Å²) in [7, 11) is 0. The van der Waals surface area contributed by atoms with Gasteiger partial charge in [-0.15, -0.1) is 0 Å². The SMILES string of the molecule is CCCCCCCCCCCCCCCCN[C@H](CO)Cc1ccc(O)cc1. The zero-order valence-electron chi connectivity index (χ0n) is 18.3. The fraction of sp³-hybridized carbons (Fsp3) is 0.760. The van der Waals surface area contributed by atoms with Gasteiger partial charge in [0.25, 0.3) is 0 Å². The molecule has 28 heavy (non-hydrogen) atoms. The summed E-state index contributed by atoms with van der Waals surface area (Å²) in [5, 5.41) is 22.3. The van der Waals surface area contributed by atoms with E-state index in [1.807, 2.05) is 12.1 Å². The Morgan fingerprint density at radius 3 is 1.64 bits per heavy atom. The van der Waals surface area contributed by atoms with E-state index in [0.29, 0.717) is 5.75 Å². The van der Waals surface area contributed by atoms with Gasteiger partial charge in [-0.1, -0.05) is 103 Å². The van der Waals surface area contributed by atoms with E-state index in [1.54, 1.807) is 12.1 Å². The van der Waals surface area contributed by atoms with Gasteiger partial charge in [0, 0.05) is 6.04 Å². The van der Waals surface area contributed by atoms with Crippen LogP contribution in [0.4, 0.5) is 0 Å². The van der Waals surface area contributed by atoms with Crippen molar-refractivity contribution in [3.05, 3.63) is 29.8 Å². The monoisotopic (exact) mass is 391 g/mol. The zero-order chi connectivity index (χ0) is 20.3. The van der Waals surface area contributed by atoms with E-state index < -0.39 is 0 Å². The number of phenols is 1. The summed E-state index contributed by atoms with van der Waals surface area (Å²) in [6.07, 6.45) is 20.1. The highest BCUT2D eigenvalue weighted by molar-refractivity contribution is 5.26. The third-order valence-corrected chi connectivity index (χ3v) is 5.60. The number of phenolic OH excluding ortho intramolecular Hbond substituents is 1. The van der Waals surface area contributed by atoms with E-state index in [-0.39, 0.29) is 12.6 Å². The molecule has 0 aromatic heterocycles. The number of aromatic hydroxyl groups is 1. The predicted molar refractivity (Wildman–Crippen MR) is 121 cm³/mol. The Kier molecular flexibility index (Phi) is 16.1. The highest BCUT2D eigenvalue weighted by Crippen LogP contribution is 2.13. The molecule has 3 N–H and O–H groups in total. The zero-order valence-corrected chi connectivity index (χ0v) is 18.3. The first-order chi connectivity index (χ1) is 13.8. The minimum absolute atomic E-state index is 0.103. The van der Waals surface area contributed by atoms with Crippen LogP contribution in [0.15, 0.2) is 24.3 Å². The molecule has 162 valence electrons. The molecule has 0 saturated heterocycles. The molecule has 0 saturated carbocycles. The average molecular weight is 392 g/mol. The fourth-order valence-electron chi connectivity index (χ4n) is 3.74. The van der Waals surface area contributed by atoms with Crippen LogP contribution in [0.3, 0.4) is 0 Å². The van der Waals surface area contributed by atoms with Crippen molar-refractivity contribution in [2.75, 3.05) is 13.2 Å². The second kappa shape index (κ2) is 18.0. The van der Waals surface area contributed by atoms with E-state index in [0.717, 1.165) is 18.5 Å². The highest BCUT2D eigenvalue weighted by atomic mass is 16.3. The summed E-state index contributed by atoms with van der Waals surface area (Å²) in [5.41, 5.74) is 1.14. The number of unbranched alkanes of at least 4 members (excludes halogenated alkanes) is 13. The van der Waals surface area contributed by atoms with Gasteiger partial charge in [-0.05, 0) is 37.1 Å². The molecular weight excluding hydrogens is 346 g/mol. The van der Waals surface area contributed by atoms with E-state index >= 15 is 0 Å². The molecule has 0 radical (unpaired) electrons. The molecule has 3 nitrogen and oxygen atoms in total. The molecular formula is C25H45NO2. The van der Waals surface area contributed by atoms with E-state index in [2.05, 4.69) is 12.2 Å². The van der Waals surface area contributed by atoms with Gasteiger partial charge in [0.2, 0.25) is 0 Å². The summed E-state index contributed by atoms with van der Waals surface area (Å²) in [6.45, 7) is 3.41. The quantitative estimate of drug-likeness (QED) is 0.240. The number of hydrogen-bond donors (Lipinski definition) is 3. The number of nitrogens with one attached hydrogen (secondary N) is 1. The second-order valence-electron chi connectivity index (χ2n) is 8.30. The lowest BCUT2D eigenvalue weighted by Gasteiger charge is -2.16. The molecule has 0 unspecified atom stereocenters. The lowest BCUT2D eigenvalue weighted by atomic mass is 10.0. The number of hydrogen-bond acceptors (Lipinski definition) is 3. The average Bonchev–Trinajstić information content (AvgIpc) is 2.71. The van der Waals surface area contributed by atoms with Gasteiger partial charge in [0.1, 0.15) is 5.75 Å². The molecule has 0 spiro atoms. The Labute approximate surface area is 174 Å². The Hall–Kier alpha value is -1.06. The van der Waals surface area contributed by atoms with Gasteiger partial charge in [0.15, 0.2) is 0 Å². The van der Waals surface area contributed by atoms with Crippen molar-refractivity contribution < 1.29 is 10.2 Å². The van der Waals surface area contributed by atoms with E-state index in [9.17, 15) is 10.2 Å². The van der Waals surface area contributed by atoms with Crippen LogP contribution in [-0.4, -0.2) is 29.4 Å². The molecule has 0 bridgehead atoms. The third kappa shape index (κ3) is 14.0. The van der Waals surface area contributed by atoms with Crippen LogP contribution in [0, 0.1) is 0 Å². The van der Waals surface area contributed by atoms with Gasteiger partial charge < -0.3 is 15.5 Å². The fourth-order valence-corrected chi connectivity index (χ4v) is 3.74. The molecule has 3 heteroatoms. The Morgan fingerprint density at radius 1 is 0.714 bits per heavy atom. The molecule has 1 rings (SSSR count). The van der Waals surface area contributed by atoms with Crippen LogP contribution in [0.5, 0.6) is 5.75 Å². The number of benzene rings is 1. The smallest absolute Gasteiger partial charge is 0.115 e. The van der Waals surface area contributed by atoms with Crippen molar-refractivity contribution in [2.45, 2.75) is 109 Å². The van der Waals surface area contributed by atoms with Gasteiger partial charge in [-0.3, -0.25) is 0 Å². The number of aliphatic hydroxyl groups is 1. The van der Waals surface area contributed by atoms with Crippen LogP contribution < -0.4 is 5.32 Å². The maximum Gasteiger partial charge on any atom is 0.115 e. The van der Waals surface area contributed by atoms with Crippen molar-refractivity contribution in [3.8, 4) is 5.75 Å². The van der Waals surface area contributed by atoms with Gasteiger partial charge in [-0.2, -0.15) is 0 Å². The molecule has 1 atom stereocenters.